The first kappa shape index (κ1) is 41.9. The maximum Gasteiger partial charge on any atom is 0.370 e. The van der Waals surface area contributed by atoms with Crippen LogP contribution in [0, 0.1) is 45.8 Å². The fourth-order valence-corrected chi connectivity index (χ4v) is 9.62. The molecule has 1 aliphatic heterocycles. The Bertz CT molecular complexity index is 1700. The third-order valence-corrected chi connectivity index (χ3v) is 12.1. The Morgan fingerprint density at radius 3 is 2.41 bits per heavy atom. The van der Waals surface area contributed by atoms with Gasteiger partial charge in [0.2, 0.25) is 6.41 Å². The van der Waals surface area contributed by atoms with E-state index in [1.807, 2.05) is 57.4 Å². The van der Waals surface area contributed by atoms with Crippen molar-refractivity contribution in [2.45, 2.75) is 117 Å². The highest BCUT2D eigenvalue weighted by Crippen LogP contribution is 2.72. The molecule has 274 valence electrons. The number of Topliss-reactive ketones (excluding diaryl/α,β-unsaturated/α-hetero) is 1. The Morgan fingerprint density at radius 1 is 1.16 bits per heavy atom. The first-order chi connectivity index (χ1) is 24.4. The molecule has 3 aliphatic carbocycles. The maximum atomic E-state index is 12.0. The number of fused-ring (bicyclic) bond motifs is 1. The van der Waals surface area contributed by atoms with Crippen LogP contribution in [0.1, 0.15) is 110 Å². The van der Waals surface area contributed by atoms with Gasteiger partial charge in [-0.3, -0.25) is 9.59 Å². The van der Waals surface area contributed by atoms with Crippen LogP contribution in [0.5, 0.6) is 0 Å². The van der Waals surface area contributed by atoms with Crippen molar-refractivity contribution in [2.24, 2.45) is 28.9 Å². The minimum absolute atomic E-state index is 0.0468. The van der Waals surface area contributed by atoms with Crippen LogP contribution < -0.4 is 5.73 Å². The van der Waals surface area contributed by atoms with E-state index < -0.39 is 5.92 Å². The molecule has 1 aromatic heterocycles. The van der Waals surface area contributed by atoms with Crippen molar-refractivity contribution in [3.63, 3.8) is 0 Å². The molecular formula is C41H56BN3O5S. The van der Waals surface area contributed by atoms with Crippen LogP contribution in [0.15, 0.2) is 53.1 Å². The number of amides is 1. The largest absolute Gasteiger partial charge is 0.464 e. The number of furan rings is 1. The van der Waals surface area contributed by atoms with Crippen LogP contribution >= 0.6 is 11.6 Å². The highest BCUT2D eigenvalue weighted by atomic mass is 32.2. The summed E-state index contributed by atoms with van der Waals surface area (Å²) in [5, 5.41) is 20.3. The Balaban J connectivity index is 0.000000809. The Labute approximate surface area is 309 Å². The van der Waals surface area contributed by atoms with Gasteiger partial charge in [0.15, 0.2) is 0 Å². The zero-order valence-corrected chi connectivity index (χ0v) is 32.7. The van der Waals surface area contributed by atoms with E-state index in [9.17, 15) is 15.3 Å². The van der Waals surface area contributed by atoms with E-state index in [0.29, 0.717) is 42.2 Å². The van der Waals surface area contributed by atoms with E-state index in [1.165, 1.54) is 26.2 Å². The number of ether oxygens (including phenoxy) is 1. The molecule has 2 heterocycles. The van der Waals surface area contributed by atoms with Crippen molar-refractivity contribution >= 4 is 41.0 Å². The molecule has 7 atom stereocenters. The number of benzene rings is 2. The predicted octanol–water partition coefficient (Wildman–Crippen LogP) is 9.26. The van der Waals surface area contributed by atoms with Gasteiger partial charge in [-0.2, -0.15) is 10.5 Å². The Hall–Kier alpha value is -3.57. The molecule has 3 saturated carbocycles. The van der Waals surface area contributed by atoms with Crippen LogP contribution in [-0.4, -0.2) is 36.0 Å². The molecule has 7 rings (SSSR count). The summed E-state index contributed by atoms with van der Waals surface area (Å²) in [6.45, 7) is 19.2. The molecule has 2 N–H and O–H groups in total. The number of carbonyl (C=O) groups is 2. The molecule has 1 saturated heterocycles. The minimum atomic E-state index is -0.742. The molecule has 6 unspecified atom stereocenters. The Kier molecular flexibility index (Phi) is 15.4. The maximum absolute atomic E-state index is 12.0. The third kappa shape index (κ3) is 9.27. The van der Waals surface area contributed by atoms with Gasteiger partial charge in [-0.15, -0.1) is 11.6 Å². The first-order valence-corrected chi connectivity index (χ1v) is 19.3. The van der Waals surface area contributed by atoms with Gasteiger partial charge in [0.05, 0.1) is 41.6 Å². The highest BCUT2D eigenvalue weighted by molar-refractivity contribution is 8.25. The summed E-state index contributed by atoms with van der Waals surface area (Å²) in [4.78, 5) is 20.6. The quantitative estimate of drug-likeness (QED) is 0.118. The minimum Gasteiger partial charge on any atom is -0.464 e. The van der Waals surface area contributed by atoms with Crippen molar-refractivity contribution in [3.8, 4) is 12.1 Å². The smallest absolute Gasteiger partial charge is 0.370 e. The molecule has 3 aromatic rings. The van der Waals surface area contributed by atoms with Crippen LogP contribution in [0.4, 0.5) is 0 Å². The van der Waals surface area contributed by atoms with Crippen molar-refractivity contribution in [3.05, 3.63) is 71.0 Å². The van der Waals surface area contributed by atoms with Crippen molar-refractivity contribution in [1.82, 2.24) is 0 Å². The number of para-hydroxylation sites is 1. The molecular weight excluding hydrogens is 657 g/mol. The van der Waals surface area contributed by atoms with Crippen molar-refractivity contribution in [2.75, 3.05) is 6.61 Å². The van der Waals surface area contributed by atoms with Crippen molar-refractivity contribution in [1.29, 1.82) is 10.5 Å². The van der Waals surface area contributed by atoms with Crippen LogP contribution in [0.3, 0.4) is 0 Å². The molecule has 10 heteroatoms. The summed E-state index contributed by atoms with van der Waals surface area (Å²) in [5.41, 5.74) is 8.66. The van der Waals surface area contributed by atoms with Gasteiger partial charge in [-0.25, -0.2) is 0 Å². The number of nitrogens with two attached hydrogens (primary N) is 1. The SMILES string of the molecule is CC.CC(=O)C(C#N)C(C)c1cc(C#N)cc(CCOC(Cc2coc3ccccc23)SB2O[C@]3(C)C2CC2CC3C2(C)C)c1.CCC.NC=O. The highest BCUT2D eigenvalue weighted by Gasteiger charge is 2.71. The number of hydrogen-bond acceptors (Lipinski definition) is 8. The molecule has 8 nitrogen and oxygen atoms in total. The third-order valence-electron chi connectivity index (χ3n) is 10.8. The molecule has 0 spiro atoms. The second kappa shape index (κ2) is 18.8. The zero-order valence-electron chi connectivity index (χ0n) is 31.9. The number of nitrogens with zero attached hydrogens (tertiary/aromatic N) is 2. The lowest BCUT2D eigenvalue weighted by Crippen LogP contribution is -2.72. The Morgan fingerprint density at radius 2 is 1.82 bits per heavy atom. The van der Waals surface area contributed by atoms with E-state index in [0.717, 1.165) is 33.6 Å². The van der Waals surface area contributed by atoms with Crippen LogP contribution in [-0.2, 0) is 31.8 Å². The number of ketones is 1. The molecule has 4 fully saturated rings. The molecule has 0 radical (unpaired) electrons. The van der Waals surface area contributed by atoms with Crippen LogP contribution in [0.25, 0.3) is 11.0 Å². The number of carbonyl (C=O) groups excluding carboxylic acids is 2. The lowest BCUT2D eigenvalue weighted by molar-refractivity contribution is -0.210. The number of hydrogen-bond donors (Lipinski definition) is 1. The van der Waals surface area contributed by atoms with E-state index in [-0.39, 0.29) is 35.3 Å². The van der Waals surface area contributed by atoms with Gasteiger partial charge < -0.3 is 19.5 Å². The average Bonchev–Trinajstić information content (AvgIpc) is 3.51. The second-order valence-electron chi connectivity index (χ2n) is 14.4. The average molecular weight is 714 g/mol. The first-order valence-electron chi connectivity index (χ1n) is 18.4. The fourth-order valence-electron chi connectivity index (χ4n) is 8.03. The summed E-state index contributed by atoms with van der Waals surface area (Å²) < 4.78 is 19.2. The molecule has 51 heavy (non-hydrogen) atoms. The second-order valence-corrected chi connectivity index (χ2v) is 15.7. The topological polar surface area (TPSA) is 139 Å². The van der Waals surface area contributed by atoms with E-state index >= 15 is 0 Å². The van der Waals surface area contributed by atoms with Gasteiger partial charge in [0, 0.05) is 29.1 Å². The summed E-state index contributed by atoms with van der Waals surface area (Å²) in [5.74, 6) is 0.713. The van der Waals surface area contributed by atoms with E-state index in [4.69, 9.17) is 18.6 Å². The lowest BCUT2D eigenvalue weighted by atomic mass is 9.35. The van der Waals surface area contributed by atoms with E-state index in [1.54, 1.807) is 17.7 Å². The van der Waals surface area contributed by atoms with E-state index in [2.05, 4.69) is 58.6 Å². The van der Waals surface area contributed by atoms with Gasteiger partial charge in [0.1, 0.15) is 17.3 Å². The summed E-state index contributed by atoms with van der Waals surface area (Å²) in [6.07, 6.45) is 7.26. The molecule has 2 bridgehead atoms. The summed E-state index contributed by atoms with van der Waals surface area (Å²) in [6, 6.07) is 18.1. The lowest BCUT2D eigenvalue weighted by Gasteiger charge is -2.72. The number of rotatable bonds is 11. The van der Waals surface area contributed by atoms with Crippen molar-refractivity contribution < 1.29 is 23.4 Å². The molecule has 4 aliphatic rings. The van der Waals surface area contributed by atoms with Gasteiger partial charge in [0.25, 0.3) is 0 Å². The normalized spacial score (nSPS) is 23.6. The summed E-state index contributed by atoms with van der Waals surface area (Å²) >= 11 is 1.79. The fraction of sp³-hybridized carbons (Fsp3) is 0.561. The number of nitriles is 2. The summed E-state index contributed by atoms with van der Waals surface area (Å²) in [7, 11) is 0. The standard InChI is InChI=1S/C35H39BN2O4S.C3H8.C2H6.CH3NO/c1-21(29(19-38)22(2)39)25-13-23(12-24(14-25)18-37)10-11-40-33(15-26-20-41-30-9-7-6-8-28(26)30)43-36-32-17-27-16-31(34(27,3)4)35(32,5)42-36;1-3-2;1-2;2-1-3/h6-9,12-14,20-21,27,29,31-33H,10-11,15-17H2,1-5H3;3H2,1-2H3;1-2H3;1H,(H2,2,3)/t21?,27?,29?,31?,32?,33?,35-;;;/m0.../s1. The molecule has 2 aromatic carbocycles. The van der Waals surface area contributed by atoms with Gasteiger partial charge in [-0.1, -0.05) is 79.2 Å². The van der Waals surface area contributed by atoms with Crippen LogP contribution in [0.2, 0.25) is 5.82 Å². The molecule has 1 amide bonds. The number of primary amides is 1. The van der Waals surface area contributed by atoms with Gasteiger partial charge >= 0.3 is 6.19 Å². The zero-order chi connectivity index (χ0) is 37.9. The van der Waals surface area contributed by atoms with Gasteiger partial charge in [-0.05, 0) is 79.7 Å². The predicted molar refractivity (Wildman–Crippen MR) is 207 cm³/mol. The monoisotopic (exact) mass is 713 g/mol.